The Morgan fingerprint density at radius 1 is 0.923 bits per heavy atom. The monoisotopic (exact) mass is 180 g/mol. The smallest absolute Gasteiger partial charge is 0.0682 e. The molecule has 0 amide bonds. The molecule has 3 fully saturated rings. The lowest BCUT2D eigenvalue weighted by molar-refractivity contribution is -0.0735. The SMILES string of the molecule is C1CCC2(CC1)CC[C@@H]1C[C@@H]1CO2. The molecule has 2 atom stereocenters. The molecule has 3 rings (SSSR count). The second-order valence-corrected chi connectivity index (χ2v) is 5.35. The Labute approximate surface area is 80.8 Å². The van der Waals surface area contributed by atoms with Crippen LogP contribution in [0.5, 0.6) is 0 Å². The van der Waals surface area contributed by atoms with Crippen LogP contribution in [0.4, 0.5) is 0 Å². The lowest BCUT2D eigenvalue weighted by Gasteiger charge is -2.36. The van der Waals surface area contributed by atoms with Gasteiger partial charge < -0.3 is 4.74 Å². The average molecular weight is 180 g/mol. The fourth-order valence-corrected chi connectivity index (χ4v) is 3.26. The number of ether oxygens (including phenoxy) is 1. The van der Waals surface area contributed by atoms with Crippen molar-refractivity contribution in [3.63, 3.8) is 0 Å². The number of hydrogen-bond donors (Lipinski definition) is 0. The third kappa shape index (κ3) is 1.52. The van der Waals surface area contributed by atoms with Crippen molar-refractivity contribution in [2.45, 2.75) is 57.0 Å². The van der Waals surface area contributed by atoms with Crippen LogP contribution in [0.2, 0.25) is 0 Å². The van der Waals surface area contributed by atoms with Crippen LogP contribution < -0.4 is 0 Å². The molecule has 1 heterocycles. The van der Waals surface area contributed by atoms with E-state index in [9.17, 15) is 0 Å². The van der Waals surface area contributed by atoms with Crippen LogP contribution in [0.1, 0.15) is 51.4 Å². The molecule has 0 bridgehead atoms. The Morgan fingerprint density at radius 2 is 1.77 bits per heavy atom. The van der Waals surface area contributed by atoms with E-state index >= 15 is 0 Å². The zero-order valence-corrected chi connectivity index (χ0v) is 8.43. The zero-order valence-electron chi connectivity index (χ0n) is 8.43. The van der Waals surface area contributed by atoms with Gasteiger partial charge in [-0.1, -0.05) is 19.3 Å². The van der Waals surface area contributed by atoms with E-state index in [1.807, 2.05) is 0 Å². The van der Waals surface area contributed by atoms with Gasteiger partial charge in [0.1, 0.15) is 0 Å². The van der Waals surface area contributed by atoms with Gasteiger partial charge in [-0.2, -0.15) is 0 Å². The minimum absolute atomic E-state index is 0.353. The van der Waals surface area contributed by atoms with Gasteiger partial charge in [-0.05, 0) is 43.9 Å². The first-order valence-corrected chi connectivity index (χ1v) is 6.02. The van der Waals surface area contributed by atoms with Gasteiger partial charge >= 0.3 is 0 Å². The van der Waals surface area contributed by atoms with Crippen molar-refractivity contribution < 1.29 is 4.74 Å². The summed E-state index contributed by atoms with van der Waals surface area (Å²) in [6, 6.07) is 0. The summed E-state index contributed by atoms with van der Waals surface area (Å²) >= 11 is 0. The molecule has 0 aromatic rings. The van der Waals surface area contributed by atoms with Crippen molar-refractivity contribution in [1.82, 2.24) is 0 Å². The van der Waals surface area contributed by atoms with Crippen molar-refractivity contribution in [1.29, 1.82) is 0 Å². The van der Waals surface area contributed by atoms with Gasteiger partial charge in [0.15, 0.2) is 0 Å². The van der Waals surface area contributed by atoms with Crippen molar-refractivity contribution in [3.05, 3.63) is 0 Å². The van der Waals surface area contributed by atoms with Crippen molar-refractivity contribution in [3.8, 4) is 0 Å². The van der Waals surface area contributed by atoms with E-state index in [1.165, 1.54) is 51.4 Å². The topological polar surface area (TPSA) is 9.23 Å². The first kappa shape index (κ1) is 8.28. The summed E-state index contributed by atoms with van der Waals surface area (Å²) in [6.45, 7) is 1.09. The Morgan fingerprint density at radius 3 is 2.62 bits per heavy atom. The molecule has 1 nitrogen and oxygen atoms in total. The predicted octanol–water partition coefficient (Wildman–Crippen LogP) is 3.14. The van der Waals surface area contributed by atoms with Crippen molar-refractivity contribution in [2.75, 3.05) is 6.61 Å². The zero-order chi connectivity index (χ0) is 8.73. The van der Waals surface area contributed by atoms with E-state index < -0.39 is 0 Å². The molecule has 1 saturated heterocycles. The average Bonchev–Trinajstić information content (AvgIpc) is 2.92. The Hall–Kier alpha value is -0.0400. The molecule has 2 aliphatic carbocycles. The third-order valence-electron chi connectivity index (χ3n) is 4.41. The molecular formula is C12H20O. The van der Waals surface area contributed by atoms with Gasteiger partial charge in [-0.25, -0.2) is 0 Å². The fraction of sp³-hybridized carbons (Fsp3) is 1.00. The second kappa shape index (κ2) is 2.98. The summed E-state index contributed by atoms with van der Waals surface area (Å²) in [6.07, 6.45) is 11.3. The highest BCUT2D eigenvalue weighted by atomic mass is 16.5. The Balaban J connectivity index is 1.68. The molecule has 0 aromatic heterocycles. The highest BCUT2D eigenvalue weighted by Gasteiger charge is 2.45. The highest BCUT2D eigenvalue weighted by Crippen LogP contribution is 2.49. The third-order valence-corrected chi connectivity index (χ3v) is 4.41. The van der Waals surface area contributed by atoms with Crippen LogP contribution in [0.3, 0.4) is 0 Å². The van der Waals surface area contributed by atoms with Crippen molar-refractivity contribution in [2.24, 2.45) is 11.8 Å². The standard InChI is InChI=1S/C12H20O/c1-2-5-12(6-3-1)7-4-10-8-11(10)9-13-12/h10-11H,1-9H2/t10-,11-/m1/s1. The molecule has 3 aliphatic rings. The van der Waals surface area contributed by atoms with Crippen LogP contribution in [0, 0.1) is 11.8 Å². The molecule has 74 valence electrons. The molecule has 13 heavy (non-hydrogen) atoms. The molecule has 0 unspecified atom stereocenters. The maximum absolute atomic E-state index is 6.19. The first-order chi connectivity index (χ1) is 6.38. The van der Waals surface area contributed by atoms with Crippen molar-refractivity contribution >= 4 is 0 Å². The van der Waals surface area contributed by atoms with Crippen LogP contribution in [0.25, 0.3) is 0 Å². The van der Waals surface area contributed by atoms with Crippen LogP contribution in [0.15, 0.2) is 0 Å². The van der Waals surface area contributed by atoms with Crippen LogP contribution >= 0.6 is 0 Å². The molecule has 0 radical (unpaired) electrons. The van der Waals surface area contributed by atoms with Gasteiger partial charge in [0.05, 0.1) is 12.2 Å². The lowest BCUT2D eigenvalue weighted by Crippen LogP contribution is -2.34. The maximum Gasteiger partial charge on any atom is 0.0682 e. The molecule has 1 heteroatoms. The molecule has 0 N–H and O–H groups in total. The lowest BCUT2D eigenvalue weighted by atomic mass is 9.81. The molecule has 1 aliphatic heterocycles. The van der Waals surface area contributed by atoms with Crippen LogP contribution in [-0.4, -0.2) is 12.2 Å². The first-order valence-electron chi connectivity index (χ1n) is 6.02. The summed E-state index contributed by atoms with van der Waals surface area (Å²) < 4.78 is 6.19. The van der Waals surface area contributed by atoms with Gasteiger partial charge in [-0.3, -0.25) is 0 Å². The van der Waals surface area contributed by atoms with E-state index in [1.54, 1.807) is 0 Å². The highest BCUT2D eigenvalue weighted by molar-refractivity contribution is 4.95. The summed E-state index contributed by atoms with van der Waals surface area (Å²) in [5.74, 6) is 2.02. The molecule has 1 spiro atoms. The molecule has 2 saturated carbocycles. The Kier molecular flexibility index (Phi) is 1.90. The van der Waals surface area contributed by atoms with Gasteiger partial charge in [-0.15, -0.1) is 0 Å². The number of rotatable bonds is 0. The largest absolute Gasteiger partial charge is 0.375 e. The quantitative estimate of drug-likeness (QED) is 0.556. The predicted molar refractivity (Wildman–Crippen MR) is 52.6 cm³/mol. The van der Waals surface area contributed by atoms with E-state index in [0.29, 0.717) is 5.60 Å². The number of hydrogen-bond acceptors (Lipinski definition) is 1. The van der Waals surface area contributed by atoms with Gasteiger partial charge in [0, 0.05) is 0 Å². The Bertz CT molecular complexity index is 179. The summed E-state index contributed by atoms with van der Waals surface area (Å²) in [5, 5.41) is 0. The van der Waals surface area contributed by atoms with E-state index in [-0.39, 0.29) is 0 Å². The number of fused-ring (bicyclic) bond motifs is 1. The molecular weight excluding hydrogens is 160 g/mol. The summed E-state index contributed by atoms with van der Waals surface area (Å²) in [5.41, 5.74) is 0.353. The summed E-state index contributed by atoms with van der Waals surface area (Å²) in [7, 11) is 0. The maximum atomic E-state index is 6.19. The minimum Gasteiger partial charge on any atom is -0.375 e. The summed E-state index contributed by atoms with van der Waals surface area (Å²) in [4.78, 5) is 0. The molecule has 0 aromatic carbocycles. The second-order valence-electron chi connectivity index (χ2n) is 5.35. The van der Waals surface area contributed by atoms with E-state index in [2.05, 4.69) is 0 Å². The van der Waals surface area contributed by atoms with E-state index in [4.69, 9.17) is 4.74 Å². The normalized spacial score (nSPS) is 42.5. The minimum atomic E-state index is 0.353. The van der Waals surface area contributed by atoms with Gasteiger partial charge in [0.25, 0.3) is 0 Å². The van der Waals surface area contributed by atoms with Gasteiger partial charge in [0.2, 0.25) is 0 Å². The van der Waals surface area contributed by atoms with E-state index in [0.717, 1.165) is 18.4 Å². The fourth-order valence-electron chi connectivity index (χ4n) is 3.26. The van der Waals surface area contributed by atoms with Crippen LogP contribution in [-0.2, 0) is 4.74 Å².